The maximum atomic E-state index is 11.8. The molecule has 18 heavy (non-hydrogen) atoms. The molecule has 2 heterocycles. The van der Waals surface area contributed by atoms with Gasteiger partial charge in [-0.15, -0.1) is 0 Å². The van der Waals surface area contributed by atoms with Crippen molar-refractivity contribution in [2.45, 2.75) is 6.10 Å². The molecule has 98 valence electrons. The number of hydrogen-bond donors (Lipinski definition) is 0. The second kappa shape index (κ2) is 4.61. The van der Waals surface area contributed by atoms with Gasteiger partial charge in [0, 0.05) is 5.03 Å². The van der Waals surface area contributed by atoms with Gasteiger partial charge < -0.3 is 14.2 Å². The minimum atomic E-state index is -0.994. The first-order valence-corrected chi connectivity index (χ1v) is 5.62. The quantitative estimate of drug-likeness (QED) is 0.530. The summed E-state index contributed by atoms with van der Waals surface area (Å²) in [5, 5.41) is 0.201. The van der Waals surface area contributed by atoms with Crippen LogP contribution in [0.4, 0.5) is 0 Å². The van der Waals surface area contributed by atoms with E-state index in [1.165, 1.54) is 20.3 Å². The van der Waals surface area contributed by atoms with Crippen LogP contribution in [-0.4, -0.2) is 38.2 Å². The number of fused-ring (bicyclic) bond motifs is 2. The predicted octanol–water partition coefficient (Wildman–Crippen LogP) is 0.243. The number of carbonyl (C=O) groups excluding carboxylic acids is 3. The van der Waals surface area contributed by atoms with Crippen LogP contribution in [0, 0.1) is 17.8 Å². The van der Waals surface area contributed by atoms with Gasteiger partial charge in [-0.1, -0.05) is 11.6 Å². The summed E-state index contributed by atoms with van der Waals surface area (Å²) in [4.78, 5) is 35.1. The van der Waals surface area contributed by atoms with E-state index in [0.29, 0.717) is 0 Å². The van der Waals surface area contributed by atoms with Crippen molar-refractivity contribution in [1.82, 2.24) is 0 Å². The number of halogens is 1. The Morgan fingerprint density at radius 1 is 1.22 bits per heavy atom. The van der Waals surface area contributed by atoms with Crippen molar-refractivity contribution in [2.24, 2.45) is 17.8 Å². The van der Waals surface area contributed by atoms with Crippen LogP contribution in [0.2, 0.25) is 0 Å². The normalized spacial score (nSPS) is 33.5. The van der Waals surface area contributed by atoms with Gasteiger partial charge in [-0.05, 0) is 6.08 Å². The fraction of sp³-hybridized carbons (Fsp3) is 0.545. The second-order valence-corrected chi connectivity index (χ2v) is 4.47. The maximum absolute atomic E-state index is 11.8. The predicted molar refractivity (Wildman–Crippen MR) is 58.3 cm³/mol. The van der Waals surface area contributed by atoms with E-state index in [1.54, 1.807) is 0 Å². The van der Waals surface area contributed by atoms with Gasteiger partial charge in [0.25, 0.3) is 0 Å². The fourth-order valence-corrected chi connectivity index (χ4v) is 2.71. The molecular weight excluding hydrogens is 264 g/mol. The summed E-state index contributed by atoms with van der Waals surface area (Å²) >= 11 is 5.92. The molecule has 7 heteroatoms. The number of ether oxygens (including phenoxy) is 3. The smallest absolute Gasteiger partial charge is 0.315 e. The number of hydrogen-bond acceptors (Lipinski definition) is 6. The zero-order chi connectivity index (χ0) is 13.4. The molecule has 0 spiro atoms. The molecule has 1 saturated heterocycles. The van der Waals surface area contributed by atoms with Crippen molar-refractivity contribution < 1.29 is 28.6 Å². The molecule has 0 N–H and O–H groups in total. The van der Waals surface area contributed by atoms with E-state index in [0.717, 1.165) is 0 Å². The van der Waals surface area contributed by atoms with Crippen LogP contribution in [0.1, 0.15) is 0 Å². The maximum Gasteiger partial charge on any atom is 0.315 e. The summed E-state index contributed by atoms with van der Waals surface area (Å²) in [5.74, 6) is -4.83. The number of esters is 3. The van der Waals surface area contributed by atoms with Gasteiger partial charge in [0.05, 0.1) is 20.1 Å². The number of rotatable bonds is 2. The van der Waals surface area contributed by atoms with E-state index in [1.807, 2.05) is 0 Å². The van der Waals surface area contributed by atoms with E-state index >= 15 is 0 Å². The minimum absolute atomic E-state index is 0.201. The van der Waals surface area contributed by atoms with Gasteiger partial charge in [-0.3, -0.25) is 14.4 Å². The van der Waals surface area contributed by atoms with Crippen LogP contribution in [0.5, 0.6) is 0 Å². The summed E-state index contributed by atoms with van der Waals surface area (Å²) in [6.07, 6.45) is 0.570. The molecule has 3 aliphatic rings. The Morgan fingerprint density at radius 2 is 1.78 bits per heavy atom. The van der Waals surface area contributed by atoms with E-state index in [-0.39, 0.29) is 5.03 Å². The molecule has 1 aliphatic carbocycles. The zero-order valence-corrected chi connectivity index (χ0v) is 10.5. The summed E-state index contributed by atoms with van der Waals surface area (Å²) < 4.78 is 14.3. The molecule has 0 radical (unpaired) electrons. The van der Waals surface area contributed by atoms with E-state index < -0.39 is 41.8 Å². The van der Waals surface area contributed by atoms with Crippen molar-refractivity contribution >= 4 is 29.5 Å². The molecule has 0 saturated carbocycles. The average molecular weight is 275 g/mol. The molecule has 0 unspecified atom stereocenters. The Kier molecular flexibility index (Phi) is 3.30. The highest BCUT2D eigenvalue weighted by atomic mass is 35.5. The first-order valence-electron chi connectivity index (χ1n) is 5.24. The van der Waals surface area contributed by atoms with Crippen molar-refractivity contribution in [3.8, 4) is 0 Å². The third kappa shape index (κ3) is 1.77. The van der Waals surface area contributed by atoms with Crippen LogP contribution >= 0.6 is 11.6 Å². The van der Waals surface area contributed by atoms with Gasteiger partial charge >= 0.3 is 17.9 Å². The first-order chi connectivity index (χ1) is 8.51. The highest BCUT2D eigenvalue weighted by Gasteiger charge is 2.57. The minimum Gasteiger partial charge on any atom is -0.469 e. The Labute approximate surface area is 108 Å². The third-order valence-corrected chi connectivity index (χ3v) is 3.53. The lowest BCUT2D eigenvalue weighted by Crippen LogP contribution is -2.54. The first kappa shape index (κ1) is 12.9. The van der Waals surface area contributed by atoms with E-state index in [4.69, 9.17) is 16.3 Å². The standard InChI is InChI=1S/C11H11ClO6/c1-16-9(13)7-5-3-4(12)6(11(15)18-5)8(7)10(14)17-2/h3,5-8H,1-2H3/t5-,6+,7+,8+/m0/s1. The van der Waals surface area contributed by atoms with Gasteiger partial charge in [0.2, 0.25) is 0 Å². The Morgan fingerprint density at radius 3 is 2.28 bits per heavy atom. The molecule has 0 aromatic rings. The van der Waals surface area contributed by atoms with Crippen LogP contribution in [0.15, 0.2) is 11.1 Å². The number of carbonyl (C=O) groups is 3. The Balaban J connectivity index is 2.44. The number of methoxy groups -OCH3 is 2. The Bertz CT molecular complexity index is 443. The summed E-state index contributed by atoms with van der Waals surface area (Å²) in [6, 6.07) is 0. The van der Waals surface area contributed by atoms with Crippen molar-refractivity contribution in [3.63, 3.8) is 0 Å². The lowest BCUT2D eigenvalue weighted by molar-refractivity contribution is -0.185. The monoisotopic (exact) mass is 274 g/mol. The molecule has 4 atom stereocenters. The molecule has 3 rings (SSSR count). The van der Waals surface area contributed by atoms with E-state index in [2.05, 4.69) is 9.47 Å². The SMILES string of the molecule is COC(=O)[C@@H]1[C@@H]2C(=O)O[C@@H](C=C2Cl)[C@H]1C(=O)OC. The summed E-state index contributed by atoms with van der Waals surface area (Å²) in [7, 11) is 2.38. The molecule has 2 bridgehead atoms. The van der Waals surface area contributed by atoms with Crippen LogP contribution in [0.3, 0.4) is 0 Å². The van der Waals surface area contributed by atoms with Crippen molar-refractivity contribution in [2.75, 3.05) is 14.2 Å². The fourth-order valence-electron chi connectivity index (χ4n) is 2.36. The van der Waals surface area contributed by atoms with Crippen molar-refractivity contribution in [3.05, 3.63) is 11.1 Å². The molecule has 2 aliphatic heterocycles. The zero-order valence-electron chi connectivity index (χ0n) is 9.71. The topological polar surface area (TPSA) is 78.9 Å². The van der Waals surface area contributed by atoms with Gasteiger partial charge in [0.15, 0.2) is 0 Å². The lowest BCUT2D eigenvalue weighted by atomic mass is 9.71. The lowest BCUT2D eigenvalue weighted by Gasteiger charge is -2.41. The highest BCUT2D eigenvalue weighted by molar-refractivity contribution is 6.32. The Hall–Kier alpha value is -1.56. The largest absolute Gasteiger partial charge is 0.469 e. The molecule has 0 aromatic carbocycles. The van der Waals surface area contributed by atoms with Gasteiger partial charge in [0.1, 0.15) is 17.9 Å². The summed E-state index contributed by atoms with van der Waals surface area (Å²) in [5.41, 5.74) is 0. The molecule has 6 nitrogen and oxygen atoms in total. The van der Waals surface area contributed by atoms with Gasteiger partial charge in [-0.25, -0.2) is 0 Å². The molecule has 1 fully saturated rings. The third-order valence-electron chi connectivity index (χ3n) is 3.17. The summed E-state index contributed by atoms with van der Waals surface area (Å²) in [6.45, 7) is 0. The van der Waals surface area contributed by atoms with Crippen LogP contribution in [0.25, 0.3) is 0 Å². The van der Waals surface area contributed by atoms with Crippen molar-refractivity contribution in [1.29, 1.82) is 0 Å². The van der Waals surface area contributed by atoms with Crippen LogP contribution in [-0.2, 0) is 28.6 Å². The van der Waals surface area contributed by atoms with Crippen LogP contribution < -0.4 is 0 Å². The highest BCUT2D eigenvalue weighted by Crippen LogP contribution is 2.44. The second-order valence-electron chi connectivity index (χ2n) is 4.03. The van der Waals surface area contributed by atoms with Gasteiger partial charge in [-0.2, -0.15) is 0 Å². The average Bonchev–Trinajstić information content (AvgIpc) is 2.35. The molecular formula is C11H11ClO6. The molecule has 0 aromatic heterocycles. The molecule has 0 amide bonds. The van der Waals surface area contributed by atoms with E-state index in [9.17, 15) is 14.4 Å².